The van der Waals surface area contributed by atoms with E-state index in [4.69, 9.17) is 4.74 Å². The highest BCUT2D eigenvalue weighted by Gasteiger charge is 2.27. The molecule has 6 nitrogen and oxygen atoms in total. The second-order valence-electron chi connectivity index (χ2n) is 5.06. The maximum absolute atomic E-state index is 12.2. The normalized spacial score (nSPS) is 15.7. The minimum atomic E-state index is -3.49. The van der Waals surface area contributed by atoms with Gasteiger partial charge < -0.3 is 14.4 Å². The minimum absolute atomic E-state index is 0.139. The lowest BCUT2D eigenvalue weighted by Crippen LogP contribution is -2.24. The van der Waals surface area contributed by atoms with E-state index in [1.165, 1.54) is 0 Å². The first-order chi connectivity index (χ1) is 9.58. The Morgan fingerprint density at radius 3 is 2.80 bits per heavy atom. The van der Waals surface area contributed by atoms with Crippen molar-refractivity contribution < 1.29 is 18.3 Å². The van der Waals surface area contributed by atoms with Gasteiger partial charge in [0.25, 0.3) is 0 Å². The van der Waals surface area contributed by atoms with Gasteiger partial charge in [-0.15, -0.1) is 0 Å². The number of sulfonamides is 1. The molecule has 1 aliphatic carbocycles. The monoisotopic (exact) mass is 302 g/mol. The summed E-state index contributed by atoms with van der Waals surface area (Å²) in [6.45, 7) is 0.892. The summed E-state index contributed by atoms with van der Waals surface area (Å²) in [5.74, 6) is 0. The summed E-state index contributed by atoms with van der Waals surface area (Å²) in [6.07, 6.45) is 5.28. The zero-order valence-electron chi connectivity index (χ0n) is 11.7. The molecule has 0 aromatic carbocycles. The molecule has 20 heavy (non-hydrogen) atoms. The molecular weight excluding hydrogens is 280 g/mol. The van der Waals surface area contributed by atoms with E-state index in [1.54, 1.807) is 19.4 Å². The first-order valence-corrected chi connectivity index (χ1v) is 8.37. The van der Waals surface area contributed by atoms with E-state index in [9.17, 15) is 13.5 Å². The molecule has 0 unspecified atom stereocenters. The van der Waals surface area contributed by atoms with Crippen molar-refractivity contribution in [3.63, 3.8) is 0 Å². The highest BCUT2D eigenvalue weighted by atomic mass is 32.2. The van der Waals surface area contributed by atoms with Gasteiger partial charge in [-0.25, -0.2) is 13.1 Å². The van der Waals surface area contributed by atoms with E-state index >= 15 is 0 Å². The maximum Gasteiger partial charge on any atom is 0.242 e. The van der Waals surface area contributed by atoms with E-state index in [0.717, 1.165) is 25.7 Å². The highest BCUT2D eigenvalue weighted by molar-refractivity contribution is 7.89. The molecule has 1 saturated carbocycles. The summed E-state index contributed by atoms with van der Waals surface area (Å²) in [5, 5.41) is 9.30. The quantitative estimate of drug-likeness (QED) is 0.667. The predicted molar refractivity (Wildman–Crippen MR) is 74.9 cm³/mol. The standard InChI is InChI=1S/C13H22N2O4S/c1-19-7-3-2-6-14-20(17,18)13-8-12(10-16)15(9-13)11-4-5-11/h8-9,11,14,16H,2-7,10H2,1H3. The number of rotatable bonds is 9. The average Bonchev–Trinajstić information content (AvgIpc) is 3.17. The Morgan fingerprint density at radius 1 is 1.45 bits per heavy atom. The van der Waals surface area contributed by atoms with Gasteiger partial charge in [0.15, 0.2) is 0 Å². The van der Waals surface area contributed by atoms with Crippen LogP contribution in [0.15, 0.2) is 17.2 Å². The third-order valence-electron chi connectivity index (χ3n) is 3.39. The van der Waals surface area contributed by atoms with Crippen molar-refractivity contribution in [3.8, 4) is 0 Å². The third kappa shape index (κ3) is 3.82. The van der Waals surface area contributed by atoms with Gasteiger partial charge in [-0.1, -0.05) is 0 Å². The van der Waals surface area contributed by atoms with Gasteiger partial charge in [-0.3, -0.25) is 0 Å². The lowest BCUT2D eigenvalue weighted by molar-refractivity contribution is 0.193. The van der Waals surface area contributed by atoms with Crippen LogP contribution in [0.5, 0.6) is 0 Å². The number of ether oxygens (including phenoxy) is 1. The Morgan fingerprint density at radius 2 is 2.20 bits per heavy atom. The van der Waals surface area contributed by atoms with Gasteiger partial charge in [-0.2, -0.15) is 0 Å². The van der Waals surface area contributed by atoms with E-state index in [-0.39, 0.29) is 11.5 Å². The lowest BCUT2D eigenvalue weighted by atomic mass is 10.3. The number of aliphatic hydroxyl groups is 1. The summed E-state index contributed by atoms with van der Waals surface area (Å²) < 4.78 is 33.7. The van der Waals surface area contributed by atoms with Crippen molar-refractivity contribution in [3.05, 3.63) is 18.0 Å². The molecule has 0 spiro atoms. The molecule has 0 bridgehead atoms. The molecule has 1 fully saturated rings. The van der Waals surface area contributed by atoms with Gasteiger partial charge in [0, 0.05) is 38.2 Å². The first-order valence-electron chi connectivity index (χ1n) is 6.88. The van der Waals surface area contributed by atoms with Crippen LogP contribution in [0.1, 0.15) is 37.4 Å². The van der Waals surface area contributed by atoms with E-state index in [1.807, 2.05) is 4.57 Å². The fraction of sp³-hybridized carbons (Fsp3) is 0.692. The molecule has 0 saturated heterocycles. The number of methoxy groups -OCH3 is 1. The molecule has 2 N–H and O–H groups in total. The van der Waals surface area contributed by atoms with Gasteiger partial charge >= 0.3 is 0 Å². The molecule has 0 aliphatic heterocycles. The first kappa shape index (κ1) is 15.5. The van der Waals surface area contributed by atoms with Crippen molar-refractivity contribution in [2.75, 3.05) is 20.3 Å². The molecule has 1 aromatic heterocycles. The van der Waals surface area contributed by atoms with Crippen LogP contribution in [-0.2, 0) is 21.4 Å². The smallest absolute Gasteiger partial charge is 0.242 e. The van der Waals surface area contributed by atoms with Gasteiger partial charge in [0.05, 0.1) is 11.5 Å². The number of hydrogen-bond acceptors (Lipinski definition) is 4. The van der Waals surface area contributed by atoms with Crippen molar-refractivity contribution >= 4 is 10.0 Å². The Balaban J connectivity index is 1.98. The summed E-state index contributed by atoms with van der Waals surface area (Å²) in [4.78, 5) is 0.236. The van der Waals surface area contributed by atoms with Gasteiger partial charge in [0.2, 0.25) is 10.0 Å². The molecule has 114 valence electrons. The van der Waals surface area contributed by atoms with Crippen LogP contribution < -0.4 is 4.72 Å². The molecule has 0 amide bonds. The zero-order valence-corrected chi connectivity index (χ0v) is 12.5. The van der Waals surface area contributed by atoms with Crippen molar-refractivity contribution in [2.24, 2.45) is 0 Å². The molecule has 1 heterocycles. The SMILES string of the molecule is COCCCCNS(=O)(=O)c1cc(CO)n(C2CC2)c1. The number of nitrogens with one attached hydrogen (secondary N) is 1. The number of nitrogens with zero attached hydrogens (tertiary/aromatic N) is 1. The molecule has 1 aliphatic rings. The topological polar surface area (TPSA) is 80.6 Å². The summed E-state index contributed by atoms with van der Waals surface area (Å²) in [5.41, 5.74) is 0.659. The van der Waals surface area contributed by atoms with E-state index < -0.39 is 10.0 Å². The number of unbranched alkanes of at least 4 members (excludes halogenated alkanes) is 1. The van der Waals surface area contributed by atoms with Crippen LogP contribution in [-0.4, -0.2) is 38.4 Å². The third-order valence-corrected chi connectivity index (χ3v) is 4.81. The van der Waals surface area contributed by atoms with Gasteiger partial charge in [-0.05, 0) is 31.7 Å². The fourth-order valence-corrected chi connectivity index (χ4v) is 3.25. The lowest BCUT2D eigenvalue weighted by Gasteiger charge is -2.05. The van der Waals surface area contributed by atoms with Crippen molar-refractivity contribution in [2.45, 2.75) is 43.2 Å². The minimum Gasteiger partial charge on any atom is -0.390 e. The van der Waals surface area contributed by atoms with E-state index in [2.05, 4.69) is 4.72 Å². The molecule has 0 atom stereocenters. The summed E-state index contributed by atoms with van der Waals surface area (Å²) in [6, 6.07) is 1.90. The molecule has 0 radical (unpaired) electrons. The highest BCUT2D eigenvalue weighted by Crippen LogP contribution is 2.37. The van der Waals surface area contributed by atoms with E-state index in [0.29, 0.717) is 24.9 Å². The molecule has 7 heteroatoms. The fourth-order valence-electron chi connectivity index (χ4n) is 2.12. The Bertz CT molecular complexity index is 535. The van der Waals surface area contributed by atoms with Crippen LogP contribution in [0.3, 0.4) is 0 Å². The van der Waals surface area contributed by atoms with Crippen LogP contribution >= 0.6 is 0 Å². The summed E-state index contributed by atoms with van der Waals surface area (Å²) >= 11 is 0. The Labute approximate surface area is 119 Å². The van der Waals surface area contributed by atoms with Crippen LogP contribution in [0.2, 0.25) is 0 Å². The molecule has 2 rings (SSSR count). The second-order valence-corrected chi connectivity index (χ2v) is 6.83. The summed E-state index contributed by atoms with van der Waals surface area (Å²) in [7, 11) is -1.86. The number of hydrogen-bond donors (Lipinski definition) is 2. The average molecular weight is 302 g/mol. The number of aromatic nitrogens is 1. The zero-order chi connectivity index (χ0) is 14.6. The molecular formula is C13H22N2O4S. The van der Waals surface area contributed by atoms with Crippen LogP contribution in [0, 0.1) is 0 Å². The van der Waals surface area contributed by atoms with Crippen molar-refractivity contribution in [1.82, 2.24) is 9.29 Å². The molecule has 1 aromatic rings. The maximum atomic E-state index is 12.2. The van der Waals surface area contributed by atoms with Crippen molar-refractivity contribution in [1.29, 1.82) is 0 Å². The second kappa shape index (κ2) is 6.71. The van der Waals surface area contributed by atoms with Crippen LogP contribution in [0.25, 0.3) is 0 Å². The van der Waals surface area contributed by atoms with Crippen LogP contribution in [0.4, 0.5) is 0 Å². The van der Waals surface area contributed by atoms with Gasteiger partial charge in [0.1, 0.15) is 0 Å². The number of aliphatic hydroxyl groups excluding tert-OH is 1. The largest absolute Gasteiger partial charge is 0.390 e. The Hall–Kier alpha value is -0.890. The Kier molecular flexibility index (Phi) is 5.20. The predicted octanol–water partition coefficient (Wildman–Crippen LogP) is 1.02.